The Labute approximate surface area is 151 Å². The van der Waals surface area contributed by atoms with Crippen LogP contribution >= 0.6 is 0 Å². The van der Waals surface area contributed by atoms with Crippen molar-refractivity contribution in [2.24, 2.45) is 0 Å². The smallest absolute Gasteiger partial charge is 0.227 e. The van der Waals surface area contributed by atoms with Crippen LogP contribution in [0.5, 0.6) is 0 Å². The lowest BCUT2D eigenvalue weighted by atomic mass is 10.1. The molecule has 1 aliphatic heterocycles. The van der Waals surface area contributed by atoms with Crippen molar-refractivity contribution in [1.29, 1.82) is 0 Å². The number of amides is 2. The second-order valence-electron chi connectivity index (χ2n) is 6.37. The van der Waals surface area contributed by atoms with E-state index in [4.69, 9.17) is 0 Å². The van der Waals surface area contributed by atoms with E-state index in [9.17, 15) is 18.4 Å². The van der Waals surface area contributed by atoms with Gasteiger partial charge in [-0.1, -0.05) is 24.3 Å². The summed E-state index contributed by atoms with van der Waals surface area (Å²) < 4.78 is 26.1. The van der Waals surface area contributed by atoms with Gasteiger partial charge in [0.05, 0.1) is 12.8 Å². The van der Waals surface area contributed by atoms with Gasteiger partial charge in [0.1, 0.15) is 11.6 Å². The molecule has 1 fully saturated rings. The summed E-state index contributed by atoms with van der Waals surface area (Å²) in [6, 6.07) is 11.9. The van der Waals surface area contributed by atoms with Gasteiger partial charge in [0.15, 0.2) is 0 Å². The molecule has 6 heteroatoms. The predicted octanol–water partition coefficient (Wildman–Crippen LogP) is 2.42. The predicted molar refractivity (Wildman–Crippen MR) is 93.4 cm³/mol. The van der Waals surface area contributed by atoms with Gasteiger partial charge in [-0.3, -0.25) is 9.59 Å². The van der Waals surface area contributed by atoms with E-state index in [-0.39, 0.29) is 36.3 Å². The molecule has 0 unspecified atom stereocenters. The fraction of sp³-hybridized carbons (Fsp3) is 0.300. The standard InChI is InChI=1S/C20H20F2N2O2/c21-17-6-4-15(5-7-17)13-19(25)23-8-10-24(11-9-23)20(26)14-16-2-1-3-18(22)12-16/h1-7,12H,8-11,13-14H2. The van der Waals surface area contributed by atoms with Crippen molar-refractivity contribution < 1.29 is 18.4 Å². The zero-order valence-electron chi connectivity index (χ0n) is 14.3. The average molecular weight is 358 g/mol. The molecule has 0 aromatic heterocycles. The van der Waals surface area contributed by atoms with Gasteiger partial charge in [0.25, 0.3) is 0 Å². The Kier molecular flexibility index (Phi) is 5.61. The molecule has 1 aliphatic rings. The molecular weight excluding hydrogens is 338 g/mol. The number of piperazine rings is 1. The van der Waals surface area contributed by atoms with Crippen molar-refractivity contribution in [2.75, 3.05) is 26.2 Å². The molecule has 26 heavy (non-hydrogen) atoms. The highest BCUT2D eigenvalue weighted by Crippen LogP contribution is 2.11. The van der Waals surface area contributed by atoms with Crippen molar-refractivity contribution >= 4 is 11.8 Å². The van der Waals surface area contributed by atoms with Gasteiger partial charge in [-0.25, -0.2) is 8.78 Å². The lowest BCUT2D eigenvalue weighted by Crippen LogP contribution is -2.51. The van der Waals surface area contributed by atoms with Gasteiger partial charge < -0.3 is 9.80 Å². The molecule has 0 saturated carbocycles. The Morgan fingerprint density at radius 3 is 1.81 bits per heavy atom. The van der Waals surface area contributed by atoms with Gasteiger partial charge in [-0.15, -0.1) is 0 Å². The third-order valence-electron chi connectivity index (χ3n) is 4.50. The Morgan fingerprint density at radius 1 is 0.731 bits per heavy atom. The lowest BCUT2D eigenvalue weighted by Gasteiger charge is -2.35. The molecule has 0 atom stereocenters. The van der Waals surface area contributed by atoms with Crippen LogP contribution in [-0.4, -0.2) is 47.8 Å². The van der Waals surface area contributed by atoms with E-state index in [1.807, 2.05) is 0 Å². The van der Waals surface area contributed by atoms with Crippen LogP contribution in [0, 0.1) is 11.6 Å². The first kappa shape index (κ1) is 18.0. The molecule has 0 aliphatic carbocycles. The Balaban J connectivity index is 1.49. The van der Waals surface area contributed by atoms with Crippen LogP contribution in [0.1, 0.15) is 11.1 Å². The molecule has 0 bridgehead atoms. The summed E-state index contributed by atoms with van der Waals surface area (Å²) in [6.07, 6.45) is 0.374. The summed E-state index contributed by atoms with van der Waals surface area (Å²) in [5.74, 6) is -0.784. The van der Waals surface area contributed by atoms with E-state index >= 15 is 0 Å². The molecule has 1 saturated heterocycles. The fourth-order valence-electron chi connectivity index (χ4n) is 3.03. The van der Waals surface area contributed by atoms with Gasteiger partial charge >= 0.3 is 0 Å². The first-order valence-electron chi connectivity index (χ1n) is 8.56. The summed E-state index contributed by atoms with van der Waals surface area (Å²) in [7, 11) is 0. The maximum Gasteiger partial charge on any atom is 0.227 e. The number of hydrogen-bond donors (Lipinski definition) is 0. The van der Waals surface area contributed by atoms with Gasteiger partial charge in [-0.2, -0.15) is 0 Å². The van der Waals surface area contributed by atoms with Gasteiger partial charge in [0.2, 0.25) is 11.8 Å². The number of rotatable bonds is 4. The van der Waals surface area contributed by atoms with E-state index in [2.05, 4.69) is 0 Å². The molecule has 1 heterocycles. The van der Waals surface area contributed by atoms with Crippen LogP contribution in [-0.2, 0) is 22.4 Å². The van der Waals surface area contributed by atoms with E-state index in [0.717, 1.165) is 5.56 Å². The highest BCUT2D eigenvalue weighted by Gasteiger charge is 2.24. The minimum absolute atomic E-state index is 0.0335. The molecule has 4 nitrogen and oxygen atoms in total. The second kappa shape index (κ2) is 8.08. The van der Waals surface area contributed by atoms with Crippen LogP contribution in [0.25, 0.3) is 0 Å². The minimum Gasteiger partial charge on any atom is -0.339 e. The van der Waals surface area contributed by atoms with Crippen LogP contribution in [0.4, 0.5) is 8.78 Å². The zero-order chi connectivity index (χ0) is 18.5. The monoisotopic (exact) mass is 358 g/mol. The quantitative estimate of drug-likeness (QED) is 0.842. The van der Waals surface area contributed by atoms with E-state index in [1.54, 1.807) is 34.1 Å². The molecule has 0 spiro atoms. The van der Waals surface area contributed by atoms with Crippen LogP contribution < -0.4 is 0 Å². The molecule has 136 valence electrons. The summed E-state index contributed by atoms with van der Waals surface area (Å²) in [6.45, 7) is 1.86. The number of halogens is 2. The zero-order valence-corrected chi connectivity index (χ0v) is 14.3. The summed E-state index contributed by atoms with van der Waals surface area (Å²) in [5, 5.41) is 0. The highest BCUT2D eigenvalue weighted by atomic mass is 19.1. The molecule has 0 radical (unpaired) electrons. The molecule has 2 amide bonds. The number of benzene rings is 2. The van der Waals surface area contributed by atoms with Crippen LogP contribution in [0.15, 0.2) is 48.5 Å². The van der Waals surface area contributed by atoms with Crippen LogP contribution in [0.3, 0.4) is 0 Å². The van der Waals surface area contributed by atoms with Gasteiger partial charge in [0, 0.05) is 26.2 Å². The minimum atomic E-state index is -0.355. The Morgan fingerprint density at radius 2 is 1.27 bits per heavy atom. The van der Waals surface area contributed by atoms with Crippen molar-refractivity contribution in [3.63, 3.8) is 0 Å². The van der Waals surface area contributed by atoms with Crippen molar-refractivity contribution in [3.8, 4) is 0 Å². The first-order chi connectivity index (χ1) is 12.5. The number of hydrogen-bond acceptors (Lipinski definition) is 2. The Bertz CT molecular complexity index is 785. The third kappa shape index (κ3) is 4.65. The van der Waals surface area contributed by atoms with Crippen molar-refractivity contribution in [3.05, 3.63) is 71.3 Å². The SMILES string of the molecule is O=C(Cc1ccc(F)cc1)N1CCN(C(=O)Cc2cccc(F)c2)CC1. The lowest BCUT2D eigenvalue weighted by molar-refractivity contribution is -0.138. The van der Waals surface area contributed by atoms with Crippen molar-refractivity contribution in [1.82, 2.24) is 9.80 Å². The maximum atomic E-state index is 13.2. The fourth-order valence-corrected chi connectivity index (χ4v) is 3.03. The molecular formula is C20H20F2N2O2. The molecule has 2 aromatic carbocycles. The number of carbonyl (C=O) groups is 2. The number of carbonyl (C=O) groups excluding carboxylic acids is 2. The van der Waals surface area contributed by atoms with E-state index in [1.165, 1.54) is 24.3 Å². The Hall–Kier alpha value is -2.76. The normalized spacial score (nSPS) is 14.4. The summed E-state index contributed by atoms with van der Waals surface area (Å²) in [5.41, 5.74) is 1.41. The van der Waals surface area contributed by atoms with E-state index < -0.39 is 0 Å². The van der Waals surface area contributed by atoms with Crippen molar-refractivity contribution in [2.45, 2.75) is 12.8 Å². The largest absolute Gasteiger partial charge is 0.339 e. The molecule has 0 N–H and O–H groups in total. The molecule has 2 aromatic rings. The molecule has 3 rings (SSSR count). The maximum absolute atomic E-state index is 13.2. The average Bonchev–Trinajstić information content (AvgIpc) is 2.64. The van der Waals surface area contributed by atoms with Crippen LogP contribution in [0.2, 0.25) is 0 Å². The van der Waals surface area contributed by atoms with E-state index in [0.29, 0.717) is 31.7 Å². The summed E-state index contributed by atoms with van der Waals surface area (Å²) in [4.78, 5) is 28.1. The van der Waals surface area contributed by atoms with Gasteiger partial charge in [-0.05, 0) is 35.4 Å². The highest BCUT2D eigenvalue weighted by molar-refractivity contribution is 5.81. The summed E-state index contributed by atoms with van der Waals surface area (Å²) >= 11 is 0. The topological polar surface area (TPSA) is 40.6 Å². The third-order valence-corrected chi connectivity index (χ3v) is 4.50. The number of nitrogens with zero attached hydrogens (tertiary/aromatic N) is 2. The second-order valence-corrected chi connectivity index (χ2v) is 6.37. The first-order valence-corrected chi connectivity index (χ1v) is 8.56.